The SMILES string of the molecule is CN(C)C[C@@H]1CCCC[C@@]1(O)c1cccc(O[C@@H]2O[C@H](C(=O)O)[C@@H](O)[C@H](O)[C@@H]2O)c1. The molecule has 0 amide bonds. The first-order chi connectivity index (χ1) is 14.1. The molecule has 168 valence electrons. The summed E-state index contributed by atoms with van der Waals surface area (Å²) in [5, 5.41) is 50.6. The summed E-state index contributed by atoms with van der Waals surface area (Å²) < 4.78 is 10.8. The molecule has 7 atom stereocenters. The number of aliphatic hydroxyl groups is 4. The minimum Gasteiger partial charge on any atom is -0.479 e. The Morgan fingerprint density at radius 3 is 2.60 bits per heavy atom. The van der Waals surface area contributed by atoms with E-state index in [4.69, 9.17) is 9.47 Å². The van der Waals surface area contributed by atoms with Gasteiger partial charge in [-0.25, -0.2) is 4.79 Å². The molecule has 2 aliphatic rings. The summed E-state index contributed by atoms with van der Waals surface area (Å²) in [4.78, 5) is 13.3. The Morgan fingerprint density at radius 2 is 1.93 bits per heavy atom. The van der Waals surface area contributed by atoms with Gasteiger partial charge in [0.05, 0.1) is 5.60 Å². The van der Waals surface area contributed by atoms with Crippen molar-refractivity contribution in [3.8, 4) is 5.75 Å². The highest BCUT2D eigenvalue weighted by Gasteiger charge is 2.48. The van der Waals surface area contributed by atoms with Crippen molar-refractivity contribution >= 4 is 5.97 Å². The second-order valence-corrected chi connectivity index (χ2v) is 8.51. The largest absolute Gasteiger partial charge is 0.479 e. The lowest BCUT2D eigenvalue weighted by Crippen LogP contribution is -2.61. The van der Waals surface area contributed by atoms with Crippen LogP contribution in [-0.2, 0) is 15.1 Å². The van der Waals surface area contributed by atoms with Crippen LogP contribution < -0.4 is 4.74 Å². The molecule has 0 unspecified atom stereocenters. The number of benzene rings is 1. The van der Waals surface area contributed by atoms with E-state index in [2.05, 4.69) is 0 Å². The van der Waals surface area contributed by atoms with Crippen LogP contribution in [0.3, 0.4) is 0 Å². The Balaban J connectivity index is 1.82. The maximum Gasteiger partial charge on any atom is 0.335 e. The molecular formula is C21H31NO8. The Morgan fingerprint density at radius 1 is 1.20 bits per heavy atom. The molecule has 1 aliphatic heterocycles. The second kappa shape index (κ2) is 9.17. The van der Waals surface area contributed by atoms with Crippen molar-refractivity contribution in [1.29, 1.82) is 0 Å². The average Bonchev–Trinajstić information content (AvgIpc) is 2.70. The van der Waals surface area contributed by atoms with Gasteiger partial charge in [-0.15, -0.1) is 0 Å². The van der Waals surface area contributed by atoms with Crippen LogP contribution in [0.15, 0.2) is 24.3 Å². The van der Waals surface area contributed by atoms with E-state index < -0.39 is 42.3 Å². The zero-order valence-electron chi connectivity index (χ0n) is 17.2. The molecule has 1 heterocycles. The van der Waals surface area contributed by atoms with Crippen molar-refractivity contribution in [2.75, 3.05) is 20.6 Å². The third-order valence-corrected chi connectivity index (χ3v) is 6.02. The van der Waals surface area contributed by atoms with E-state index in [1.807, 2.05) is 25.1 Å². The maximum absolute atomic E-state index is 11.5. The van der Waals surface area contributed by atoms with Crippen molar-refractivity contribution in [3.63, 3.8) is 0 Å². The number of carbonyl (C=O) groups is 1. The van der Waals surface area contributed by atoms with E-state index in [1.54, 1.807) is 18.2 Å². The van der Waals surface area contributed by atoms with E-state index in [0.717, 1.165) is 25.8 Å². The van der Waals surface area contributed by atoms with Crippen LogP contribution in [0, 0.1) is 5.92 Å². The number of nitrogens with zero attached hydrogens (tertiary/aromatic N) is 1. The predicted molar refractivity (Wildman–Crippen MR) is 106 cm³/mol. The molecule has 2 fully saturated rings. The minimum atomic E-state index is -1.78. The average molecular weight is 425 g/mol. The first kappa shape index (κ1) is 22.9. The number of carboxylic acids is 1. The van der Waals surface area contributed by atoms with Gasteiger partial charge in [-0.3, -0.25) is 0 Å². The van der Waals surface area contributed by atoms with Crippen LogP contribution >= 0.6 is 0 Å². The van der Waals surface area contributed by atoms with Gasteiger partial charge >= 0.3 is 5.97 Å². The molecule has 9 heteroatoms. The van der Waals surface area contributed by atoms with Gasteiger partial charge in [-0.1, -0.05) is 25.0 Å². The summed E-state index contributed by atoms with van der Waals surface area (Å²) in [5.41, 5.74) is -0.361. The van der Waals surface area contributed by atoms with Crippen molar-refractivity contribution in [2.45, 2.75) is 62.0 Å². The van der Waals surface area contributed by atoms with Gasteiger partial charge in [0, 0.05) is 12.5 Å². The first-order valence-corrected chi connectivity index (χ1v) is 10.2. The highest BCUT2D eigenvalue weighted by molar-refractivity contribution is 5.73. The molecule has 0 radical (unpaired) electrons. The van der Waals surface area contributed by atoms with Gasteiger partial charge in [-0.2, -0.15) is 0 Å². The lowest BCUT2D eigenvalue weighted by atomic mass is 9.71. The maximum atomic E-state index is 11.5. The Kier molecular flexibility index (Phi) is 7.01. The zero-order valence-corrected chi connectivity index (χ0v) is 17.2. The van der Waals surface area contributed by atoms with Crippen LogP contribution in [0.4, 0.5) is 0 Å². The Labute approximate surface area is 175 Å². The Hall–Kier alpha value is -1.75. The predicted octanol–water partition coefficient (Wildman–Crippen LogP) is -0.103. The van der Waals surface area contributed by atoms with Crippen LogP contribution in [0.1, 0.15) is 31.2 Å². The fourth-order valence-electron chi connectivity index (χ4n) is 4.41. The van der Waals surface area contributed by atoms with Crippen molar-refractivity contribution in [3.05, 3.63) is 29.8 Å². The fraction of sp³-hybridized carbons (Fsp3) is 0.667. The van der Waals surface area contributed by atoms with Gasteiger partial charge in [0.25, 0.3) is 0 Å². The number of ether oxygens (including phenoxy) is 2. The summed E-state index contributed by atoms with van der Waals surface area (Å²) >= 11 is 0. The zero-order chi connectivity index (χ0) is 22.1. The molecule has 9 nitrogen and oxygen atoms in total. The summed E-state index contributed by atoms with van der Waals surface area (Å²) in [6, 6.07) is 6.77. The van der Waals surface area contributed by atoms with Crippen LogP contribution in [0.2, 0.25) is 0 Å². The minimum absolute atomic E-state index is 0.0429. The standard InChI is InChI=1S/C21H31NO8/c1-22(2)11-13-6-3-4-9-21(13,28)12-7-5-8-14(10-12)29-20-17(25)15(23)16(24)18(30-20)19(26)27/h5,7-8,10,13,15-18,20,23-25,28H,3-4,6,9,11H2,1-2H3,(H,26,27)/t13-,15-,16-,17-,18-,20+,21+/m0/s1. The number of rotatable bonds is 6. The number of aliphatic hydroxyl groups excluding tert-OH is 3. The molecule has 0 bridgehead atoms. The molecule has 0 aromatic heterocycles. The van der Waals surface area contributed by atoms with Gasteiger partial charge in [-0.05, 0) is 44.6 Å². The molecule has 1 saturated carbocycles. The Bertz CT molecular complexity index is 743. The number of carboxylic acid groups (broad SMARTS) is 1. The first-order valence-electron chi connectivity index (χ1n) is 10.2. The molecule has 1 aromatic rings. The fourth-order valence-corrected chi connectivity index (χ4v) is 4.41. The van der Waals surface area contributed by atoms with Gasteiger partial charge in [0.1, 0.15) is 24.1 Å². The summed E-state index contributed by atoms with van der Waals surface area (Å²) in [5.74, 6) is -1.17. The van der Waals surface area contributed by atoms with E-state index in [0.29, 0.717) is 12.0 Å². The lowest BCUT2D eigenvalue weighted by Gasteiger charge is -2.42. The number of hydrogen-bond donors (Lipinski definition) is 5. The summed E-state index contributed by atoms with van der Waals surface area (Å²) in [6.07, 6.45) is -4.91. The van der Waals surface area contributed by atoms with E-state index in [9.17, 15) is 30.3 Å². The van der Waals surface area contributed by atoms with Crippen molar-refractivity contribution in [1.82, 2.24) is 4.90 Å². The normalized spacial score (nSPS) is 37.2. The van der Waals surface area contributed by atoms with Crippen molar-refractivity contribution < 1.29 is 39.8 Å². The summed E-state index contributed by atoms with van der Waals surface area (Å²) in [6.45, 7) is 0.733. The monoisotopic (exact) mass is 425 g/mol. The molecule has 3 rings (SSSR count). The molecular weight excluding hydrogens is 394 g/mol. The quantitative estimate of drug-likeness (QED) is 0.422. The number of aliphatic carboxylic acids is 1. The molecule has 5 N–H and O–H groups in total. The van der Waals surface area contributed by atoms with E-state index >= 15 is 0 Å². The topological polar surface area (TPSA) is 140 Å². The molecule has 1 saturated heterocycles. The van der Waals surface area contributed by atoms with Gasteiger partial charge in [0.15, 0.2) is 6.10 Å². The highest BCUT2D eigenvalue weighted by Crippen LogP contribution is 2.43. The van der Waals surface area contributed by atoms with Crippen molar-refractivity contribution in [2.24, 2.45) is 5.92 Å². The van der Waals surface area contributed by atoms with Crippen LogP contribution in [0.5, 0.6) is 5.75 Å². The van der Waals surface area contributed by atoms with Gasteiger partial charge < -0.3 is 39.9 Å². The smallest absolute Gasteiger partial charge is 0.335 e. The van der Waals surface area contributed by atoms with E-state index in [1.165, 1.54) is 0 Å². The summed E-state index contributed by atoms with van der Waals surface area (Å²) in [7, 11) is 3.93. The third-order valence-electron chi connectivity index (χ3n) is 6.02. The van der Waals surface area contributed by atoms with E-state index in [-0.39, 0.29) is 11.7 Å². The van der Waals surface area contributed by atoms with Crippen LogP contribution in [0.25, 0.3) is 0 Å². The molecule has 30 heavy (non-hydrogen) atoms. The van der Waals surface area contributed by atoms with Crippen LogP contribution in [-0.4, -0.2) is 87.7 Å². The second-order valence-electron chi connectivity index (χ2n) is 8.51. The molecule has 1 aromatic carbocycles. The highest BCUT2D eigenvalue weighted by atomic mass is 16.7. The molecule has 0 spiro atoms. The lowest BCUT2D eigenvalue weighted by molar-refractivity contribution is -0.271. The molecule has 1 aliphatic carbocycles. The van der Waals surface area contributed by atoms with Gasteiger partial charge in [0.2, 0.25) is 6.29 Å². The third kappa shape index (κ3) is 4.61. The number of hydrogen-bond acceptors (Lipinski definition) is 8.